The lowest BCUT2D eigenvalue weighted by Gasteiger charge is -2.40. The molecule has 0 aliphatic rings. The highest BCUT2D eigenvalue weighted by Crippen LogP contribution is 2.38. The second-order valence-corrected chi connectivity index (χ2v) is 4.30. The first-order valence-corrected chi connectivity index (χ1v) is 5.82. The van der Waals surface area contributed by atoms with Crippen molar-refractivity contribution in [3.63, 3.8) is 0 Å². The molecule has 108 valence electrons. The molecule has 0 fully saturated rings. The molecular weight excluding hydrogens is 252 g/mol. The number of ether oxygens (including phenoxy) is 2. The maximum atomic E-state index is 11.3. The fraction of sp³-hybridized carbons (Fsp3) is 0.538. The number of hydrogen-bond donors (Lipinski definition) is 2. The van der Waals surface area contributed by atoms with Crippen LogP contribution in [0, 0.1) is 5.41 Å². The van der Waals surface area contributed by atoms with Gasteiger partial charge in [0.2, 0.25) is 0 Å². The molecule has 0 heterocycles. The maximum Gasteiger partial charge on any atom is 0.381 e. The van der Waals surface area contributed by atoms with Gasteiger partial charge in [-0.05, 0) is 13.3 Å². The van der Waals surface area contributed by atoms with Crippen molar-refractivity contribution in [1.82, 2.24) is 0 Å². The predicted molar refractivity (Wildman–Crippen MR) is 67.6 cm³/mol. The minimum absolute atomic E-state index is 0.259. The Morgan fingerprint density at radius 3 is 1.89 bits per heavy atom. The van der Waals surface area contributed by atoms with Gasteiger partial charge in [-0.3, -0.25) is 0 Å². The van der Waals surface area contributed by atoms with Gasteiger partial charge < -0.3 is 19.7 Å². The molecule has 0 aliphatic heterocycles. The summed E-state index contributed by atoms with van der Waals surface area (Å²) in [7, 11) is 0. The molecule has 0 saturated carbocycles. The second-order valence-electron chi connectivity index (χ2n) is 4.30. The molecule has 0 bridgehead atoms. The van der Waals surface area contributed by atoms with Crippen molar-refractivity contribution in [2.75, 3.05) is 6.61 Å². The topological polar surface area (TPSA) is 93.1 Å². The fourth-order valence-corrected chi connectivity index (χ4v) is 1.51. The van der Waals surface area contributed by atoms with Crippen LogP contribution in [0.5, 0.6) is 0 Å². The Morgan fingerprint density at radius 1 is 1.21 bits per heavy atom. The minimum atomic E-state index is -2.59. The van der Waals surface area contributed by atoms with Crippen molar-refractivity contribution in [1.29, 1.82) is 0 Å². The van der Waals surface area contributed by atoms with Gasteiger partial charge in [0.05, 0.1) is 12.0 Å². The average molecular weight is 272 g/mol. The Morgan fingerprint density at radius 2 is 1.63 bits per heavy atom. The summed E-state index contributed by atoms with van der Waals surface area (Å²) in [6, 6.07) is 0. The van der Waals surface area contributed by atoms with Crippen LogP contribution < -0.4 is 0 Å². The number of esters is 2. The number of hydrogen-bond acceptors (Lipinski definition) is 6. The van der Waals surface area contributed by atoms with E-state index in [9.17, 15) is 19.8 Å². The minimum Gasteiger partial charge on any atom is -0.395 e. The average Bonchev–Trinajstić information content (AvgIpc) is 2.38. The van der Waals surface area contributed by atoms with E-state index in [1.807, 2.05) is 0 Å². The summed E-state index contributed by atoms with van der Waals surface area (Å²) in [4.78, 5) is 22.5. The molecule has 0 rings (SSSR count). The number of aliphatic hydroxyl groups excluding tert-OH is 1. The Labute approximate surface area is 112 Å². The SMILES string of the molecule is C=CC(=O)OC(O)(OC(=O)C=C)C(C)(CO)CCC. The third-order valence-corrected chi connectivity index (χ3v) is 2.72. The van der Waals surface area contributed by atoms with Crippen LogP contribution in [0.2, 0.25) is 0 Å². The van der Waals surface area contributed by atoms with Crippen LogP contribution in [0.1, 0.15) is 26.7 Å². The first-order chi connectivity index (χ1) is 8.78. The van der Waals surface area contributed by atoms with E-state index in [1.165, 1.54) is 6.92 Å². The molecular formula is C13H20O6. The Kier molecular flexibility index (Phi) is 6.44. The highest BCUT2D eigenvalue weighted by Gasteiger charge is 2.53. The number of carbonyl (C=O) groups is 2. The molecule has 0 aromatic heterocycles. The fourth-order valence-electron chi connectivity index (χ4n) is 1.51. The monoisotopic (exact) mass is 272 g/mol. The van der Waals surface area contributed by atoms with Crippen LogP contribution in [0.15, 0.2) is 25.3 Å². The molecule has 0 spiro atoms. The zero-order valence-corrected chi connectivity index (χ0v) is 11.2. The van der Waals surface area contributed by atoms with E-state index in [2.05, 4.69) is 13.2 Å². The quantitative estimate of drug-likeness (QED) is 0.387. The van der Waals surface area contributed by atoms with Crippen molar-refractivity contribution >= 4 is 11.9 Å². The maximum absolute atomic E-state index is 11.3. The van der Waals surface area contributed by atoms with Crippen molar-refractivity contribution in [2.24, 2.45) is 5.41 Å². The third kappa shape index (κ3) is 4.18. The molecule has 6 heteroatoms. The van der Waals surface area contributed by atoms with E-state index in [4.69, 9.17) is 9.47 Å². The lowest BCUT2D eigenvalue weighted by atomic mass is 9.83. The van der Waals surface area contributed by atoms with Gasteiger partial charge in [-0.1, -0.05) is 26.5 Å². The third-order valence-electron chi connectivity index (χ3n) is 2.72. The largest absolute Gasteiger partial charge is 0.395 e. The molecule has 1 unspecified atom stereocenters. The van der Waals surface area contributed by atoms with Gasteiger partial charge in [0.15, 0.2) is 0 Å². The van der Waals surface area contributed by atoms with Gasteiger partial charge in [0.1, 0.15) is 0 Å². The summed E-state index contributed by atoms with van der Waals surface area (Å²) >= 11 is 0. The Hall–Kier alpha value is -1.66. The van der Waals surface area contributed by atoms with Crippen LogP contribution in [-0.4, -0.2) is 34.7 Å². The van der Waals surface area contributed by atoms with Crippen LogP contribution in [-0.2, 0) is 19.1 Å². The van der Waals surface area contributed by atoms with E-state index in [1.54, 1.807) is 6.92 Å². The van der Waals surface area contributed by atoms with Crippen molar-refractivity contribution in [3.05, 3.63) is 25.3 Å². The summed E-state index contributed by atoms with van der Waals surface area (Å²) in [5.41, 5.74) is -1.36. The lowest BCUT2D eigenvalue weighted by molar-refractivity contribution is -0.377. The summed E-state index contributed by atoms with van der Waals surface area (Å²) in [5.74, 6) is -4.54. The molecule has 2 N–H and O–H groups in total. The first-order valence-electron chi connectivity index (χ1n) is 5.82. The molecule has 0 radical (unpaired) electrons. The number of carbonyl (C=O) groups excluding carboxylic acids is 2. The first kappa shape index (κ1) is 17.3. The van der Waals surface area contributed by atoms with Crippen LogP contribution in [0.25, 0.3) is 0 Å². The zero-order valence-electron chi connectivity index (χ0n) is 11.2. The van der Waals surface area contributed by atoms with E-state index in [-0.39, 0.29) is 6.42 Å². The highest BCUT2D eigenvalue weighted by molar-refractivity contribution is 5.83. The lowest BCUT2D eigenvalue weighted by Crippen LogP contribution is -2.54. The van der Waals surface area contributed by atoms with E-state index >= 15 is 0 Å². The van der Waals surface area contributed by atoms with Crippen molar-refractivity contribution in [2.45, 2.75) is 32.7 Å². The summed E-state index contributed by atoms with van der Waals surface area (Å²) in [5, 5.41) is 19.8. The highest BCUT2D eigenvalue weighted by atomic mass is 16.8. The van der Waals surface area contributed by atoms with E-state index < -0.39 is 29.9 Å². The van der Waals surface area contributed by atoms with Gasteiger partial charge in [0, 0.05) is 12.2 Å². The van der Waals surface area contributed by atoms with Crippen molar-refractivity contribution in [3.8, 4) is 0 Å². The molecule has 0 aromatic carbocycles. The summed E-state index contributed by atoms with van der Waals surface area (Å²) in [6.45, 7) is 9.07. The van der Waals surface area contributed by atoms with Gasteiger partial charge in [0.25, 0.3) is 0 Å². The number of aliphatic hydroxyl groups is 2. The van der Waals surface area contributed by atoms with Gasteiger partial charge in [-0.25, -0.2) is 9.59 Å². The van der Waals surface area contributed by atoms with Gasteiger partial charge in [-0.15, -0.1) is 0 Å². The second kappa shape index (κ2) is 7.06. The van der Waals surface area contributed by atoms with Gasteiger partial charge >= 0.3 is 17.9 Å². The van der Waals surface area contributed by atoms with Crippen molar-refractivity contribution < 1.29 is 29.3 Å². The predicted octanol–water partition coefficient (Wildman–Crippen LogP) is 0.890. The normalized spacial score (nSPS) is 14.1. The standard InChI is InChI=1S/C13H20O6/c1-5-8-12(4,9-14)13(17,18-10(15)6-2)19-11(16)7-3/h6-7,14,17H,2-3,5,8-9H2,1,4H3. The van der Waals surface area contributed by atoms with E-state index in [0.717, 1.165) is 12.2 Å². The Balaban J connectivity index is 5.44. The summed E-state index contributed by atoms with van der Waals surface area (Å²) < 4.78 is 9.43. The van der Waals surface area contributed by atoms with E-state index in [0.29, 0.717) is 6.42 Å². The summed E-state index contributed by atoms with van der Waals surface area (Å²) in [6.07, 6.45) is 2.46. The van der Waals surface area contributed by atoms with Crippen LogP contribution >= 0.6 is 0 Å². The van der Waals surface area contributed by atoms with Crippen LogP contribution in [0.4, 0.5) is 0 Å². The molecule has 0 saturated heterocycles. The smallest absolute Gasteiger partial charge is 0.381 e. The van der Waals surface area contributed by atoms with Crippen LogP contribution in [0.3, 0.4) is 0 Å². The molecule has 19 heavy (non-hydrogen) atoms. The molecule has 6 nitrogen and oxygen atoms in total. The van der Waals surface area contributed by atoms with Gasteiger partial charge in [-0.2, -0.15) is 0 Å². The number of rotatable bonds is 8. The molecule has 1 atom stereocenters. The molecule has 0 amide bonds. The zero-order chi connectivity index (χ0) is 15.1. The Bertz CT molecular complexity index is 340. The molecule has 0 aromatic rings. The molecule has 0 aliphatic carbocycles.